The molecule has 0 atom stereocenters. The molecule has 0 fully saturated rings. The molecule has 0 bridgehead atoms. The molecular formula is C21H24N2O5S. The molecule has 0 spiro atoms. The topological polar surface area (TPSA) is 84.9 Å². The molecule has 0 radical (unpaired) electrons. The summed E-state index contributed by atoms with van der Waals surface area (Å²) >= 11 is 1.29. The van der Waals surface area contributed by atoms with E-state index >= 15 is 0 Å². The van der Waals surface area contributed by atoms with Gasteiger partial charge in [0.2, 0.25) is 0 Å². The first-order valence-corrected chi connectivity index (χ1v) is 10.2. The second-order valence-corrected chi connectivity index (χ2v) is 8.01. The van der Waals surface area contributed by atoms with E-state index in [0.717, 1.165) is 21.6 Å². The second-order valence-electron chi connectivity index (χ2n) is 6.90. The van der Waals surface area contributed by atoms with E-state index in [1.807, 2.05) is 19.9 Å². The van der Waals surface area contributed by atoms with Crippen LogP contribution in [0.1, 0.15) is 49.2 Å². The van der Waals surface area contributed by atoms with Gasteiger partial charge in [-0.3, -0.25) is 4.79 Å². The minimum Gasteiger partial charge on any atom is -0.465 e. The maximum atomic E-state index is 12.8. The Labute approximate surface area is 173 Å². The molecule has 2 amide bonds. The summed E-state index contributed by atoms with van der Waals surface area (Å²) in [5.74, 6) is -0.786. The molecule has 29 heavy (non-hydrogen) atoms. The predicted molar refractivity (Wildman–Crippen MR) is 111 cm³/mol. The molecule has 3 rings (SSSR count). The lowest BCUT2D eigenvalue weighted by molar-refractivity contribution is 0.0600. The van der Waals surface area contributed by atoms with Crippen LogP contribution in [0.5, 0.6) is 0 Å². The standard InChI is InChI=1S/C21H24N2O5S/c1-5-28-21(26)23-7-6-15-16(11-23)29-19(17(15)20(25)27-4)22-18(24)14-9-12(2)8-13(3)10-14/h8-10H,5-7,11H2,1-4H3,(H,22,24). The van der Waals surface area contributed by atoms with Crippen molar-refractivity contribution in [3.63, 3.8) is 0 Å². The van der Waals surface area contributed by atoms with E-state index < -0.39 is 5.97 Å². The van der Waals surface area contributed by atoms with Gasteiger partial charge < -0.3 is 19.7 Å². The molecule has 7 nitrogen and oxygen atoms in total. The number of benzene rings is 1. The summed E-state index contributed by atoms with van der Waals surface area (Å²) in [5.41, 5.74) is 3.68. The van der Waals surface area contributed by atoms with E-state index in [4.69, 9.17) is 9.47 Å². The van der Waals surface area contributed by atoms with Crippen molar-refractivity contribution in [3.05, 3.63) is 50.9 Å². The van der Waals surface area contributed by atoms with Crippen LogP contribution in [-0.2, 0) is 22.4 Å². The molecule has 2 aromatic rings. The number of carbonyl (C=O) groups excluding carboxylic acids is 3. The summed E-state index contributed by atoms with van der Waals surface area (Å²) < 4.78 is 10.0. The number of carbonyl (C=O) groups is 3. The largest absolute Gasteiger partial charge is 0.465 e. The van der Waals surface area contributed by atoms with Crippen LogP contribution < -0.4 is 5.32 Å². The van der Waals surface area contributed by atoms with Crippen molar-refractivity contribution in [2.75, 3.05) is 25.6 Å². The molecule has 1 aromatic carbocycles. The first-order chi connectivity index (χ1) is 13.8. The number of nitrogens with zero attached hydrogens (tertiary/aromatic N) is 1. The summed E-state index contributed by atoms with van der Waals surface area (Å²) in [5, 5.41) is 3.31. The Balaban J connectivity index is 1.92. The van der Waals surface area contributed by atoms with Crippen LogP contribution in [0.4, 0.5) is 9.80 Å². The summed E-state index contributed by atoms with van der Waals surface area (Å²) in [4.78, 5) is 39.8. The molecule has 1 aliphatic rings. The van der Waals surface area contributed by atoms with Gasteiger partial charge in [0.15, 0.2) is 0 Å². The first kappa shape index (κ1) is 20.9. The molecule has 154 valence electrons. The van der Waals surface area contributed by atoms with Crippen LogP contribution in [-0.4, -0.2) is 43.1 Å². The van der Waals surface area contributed by atoms with E-state index in [1.54, 1.807) is 24.0 Å². The number of hydrogen-bond donors (Lipinski definition) is 1. The Morgan fingerprint density at radius 2 is 1.86 bits per heavy atom. The van der Waals surface area contributed by atoms with Crippen LogP contribution in [0.3, 0.4) is 0 Å². The number of methoxy groups -OCH3 is 1. The van der Waals surface area contributed by atoms with Gasteiger partial charge in [-0.15, -0.1) is 11.3 Å². The number of amides is 2. The van der Waals surface area contributed by atoms with Gasteiger partial charge in [0.05, 0.1) is 25.8 Å². The number of anilines is 1. The number of rotatable bonds is 4. The third-order valence-corrected chi connectivity index (χ3v) is 5.82. The maximum Gasteiger partial charge on any atom is 0.410 e. The molecule has 2 heterocycles. The number of aryl methyl sites for hydroxylation is 2. The number of thiophene rings is 1. The normalized spacial score (nSPS) is 12.9. The highest BCUT2D eigenvalue weighted by atomic mass is 32.1. The maximum absolute atomic E-state index is 12.8. The number of ether oxygens (including phenoxy) is 2. The first-order valence-electron chi connectivity index (χ1n) is 9.38. The van der Waals surface area contributed by atoms with E-state index in [0.29, 0.717) is 42.2 Å². The highest BCUT2D eigenvalue weighted by Gasteiger charge is 2.31. The van der Waals surface area contributed by atoms with Gasteiger partial charge in [-0.1, -0.05) is 17.2 Å². The average molecular weight is 416 g/mol. The highest BCUT2D eigenvalue weighted by Crippen LogP contribution is 2.38. The zero-order valence-electron chi connectivity index (χ0n) is 17.0. The quantitative estimate of drug-likeness (QED) is 0.764. The van der Waals surface area contributed by atoms with Crippen LogP contribution in [0.2, 0.25) is 0 Å². The second kappa shape index (κ2) is 8.65. The summed E-state index contributed by atoms with van der Waals surface area (Å²) in [6.07, 6.45) is 0.112. The van der Waals surface area contributed by atoms with Gasteiger partial charge in [0.25, 0.3) is 5.91 Å². The molecular weight excluding hydrogens is 392 g/mol. The average Bonchev–Trinajstić information content (AvgIpc) is 3.03. The van der Waals surface area contributed by atoms with E-state index in [-0.39, 0.29) is 12.0 Å². The minimum absolute atomic E-state index is 0.289. The van der Waals surface area contributed by atoms with Gasteiger partial charge in [-0.2, -0.15) is 0 Å². The lowest BCUT2D eigenvalue weighted by Crippen LogP contribution is -2.36. The van der Waals surface area contributed by atoms with Crippen molar-refractivity contribution in [2.45, 2.75) is 33.7 Å². The number of nitrogens with one attached hydrogen (secondary N) is 1. The van der Waals surface area contributed by atoms with Crippen LogP contribution in [0, 0.1) is 13.8 Å². The van der Waals surface area contributed by atoms with Crippen LogP contribution >= 0.6 is 11.3 Å². The fourth-order valence-corrected chi connectivity index (χ4v) is 4.71. The Kier molecular flexibility index (Phi) is 6.22. The van der Waals surface area contributed by atoms with Crippen molar-refractivity contribution < 1.29 is 23.9 Å². The van der Waals surface area contributed by atoms with Crippen molar-refractivity contribution in [1.29, 1.82) is 0 Å². The third-order valence-electron chi connectivity index (χ3n) is 4.68. The molecule has 0 unspecified atom stereocenters. The zero-order chi connectivity index (χ0) is 21.1. The number of esters is 1. The van der Waals surface area contributed by atoms with Crippen molar-refractivity contribution >= 4 is 34.3 Å². The van der Waals surface area contributed by atoms with Gasteiger partial charge in [0.1, 0.15) is 5.00 Å². The molecule has 0 aliphatic carbocycles. The Morgan fingerprint density at radius 1 is 1.17 bits per heavy atom. The van der Waals surface area contributed by atoms with Gasteiger partial charge in [-0.25, -0.2) is 9.59 Å². The SMILES string of the molecule is CCOC(=O)N1CCc2c(sc(NC(=O)c3cc(C)cc(C)c3)c2C(=O)OC)C1. The molecule has 0 saturated carbocycles. The van der Waals surface area contributed by atoms with Crippen LogP contribution in [0.25, 0.3) is 0 Å². The van der Waals surface area contributed by atoms with Gasteiger partial charge >= 0.3 is 12.1 Å². The lowest BCUT2D eigenvalue weighted by atomic mass is 10.0. The fraction of sp³-hybridized carbons (Fsp3) is 0.381. The molecule has 0 saturated heterocycles. The van der Waals surface area contributed by atoms with Gasteiger partial charge in [-0.05, 0) is 44.9 Å². The van der Waals surface area contributed by atoms with Crippen LogP contribution in [0.15, 0.2) is 18.2 Å². The summed E-state index contributed by atoms with van der Waals surface area (Å²) in [6, 6.07) is 5.59. The number of fused-ring (bicyclic) bond motifs is 1. The van der Waals surface area contributed by atoms with E-state index in [1.165, 1.54) is 18.4 Å². The van der Waals surface area contributed by atoms with Crippen molar-refractivity contribution in [1.82, 2.24) is 4.90 Å². The summed E-state index contributed by atoms with van der Waals surface area (Å²) in [6.45, 7) is 6.69. The fourth-order valence-electron chi connectivity index (χ4n) is 3.46. The smallest absolute Gasteiger partial charge is 0.410 e. The van der Waals surface area contributed by atoms with Gasteiger partial charge in [0, 0.05) is 17.0 Å². The van der Waals surface area contributed by atoms with E-state index in [2.05, 4.69) is 5.32 Å². The highest BCUT2D eigenvalue weighted by molar-refractivity contribution is 7.17. The Morgan fingerprint density at radius 3 is 2.48 bits per heavy atom. The predicted octanol–water partition coefficient (Wildman–Crippen LogP) is 3.92. The van der Waals surface area contributed by atoms with Crippen molar-refractivity contribution in [3.8, 4) is 0 Å². The molecule has 1 N–H and O–H groups in total. The lowest BCUT2D eigenvalue weighted by Gasteiger charge is -2.26. The Hall–Kier alpha value is -2.87. The third kappa shape index (κ3) is 4.42. The van der Waals surface area contributed by atoms with Crippen molar-refractivity contribution in [2.24, 2.45) is 0 Å². The molecule has 8 heteroatoms. The number of hydrogen-bond acceptors (Lipinski definition) is 6. The molecule has 1 aliphatic heterocycles. The Bertz CT molecular complexity index is 946. The summed E-state index contributed by atoms with van der Waals surface area (Å²) in [7, 11) is 1.32. The minimum atomic E-state index is -0.497. The molecule has 1 aromatic heterocycles. The van der Waals surface area contributed by atoms with E-state index in [9.17, 15) is 14.4 Å². The zero-order valence-corrected chi connectivity index (χ0v) is 17.8. The monoisotopic (exact) mass is 416 g/mol.